The van der Waals surface area contributed by atoms with E-state index in [9.17, 15) is 9.59 Å². The van der Waals surface area contributed by atoms with Crippen LogP contribution in [0.15, 0.2) is 35.9 Å². The SMILES string of the molecule is COC(=O)C=Cc1ccc(OC(=O)C=C(C)C)c(OC)c1. The number of hydrogen-bond acceptors (Lipinski definition) is 5. The Hall–Kier alpha value is -2.56. The monoisotopic (exact) mass is 290 g/mol. The maximum Gasteiger partial charge on any atom is 0.336 e. The highest BCUT2D eigenvalue weighted by molar-refractivity contribution is 5.87. The molecule has 0 fully saturated rings. The van der Waals surface area contributed by atoms with Crippen molar-refractivity contribution in [3.8, 4) is 11.5 Å². The normalized spacial score (nSPS) is 10.1. The number of allylic oxidation sites excluding steroid dienone is 1. The minimum absolute atomic E-state index is 0.315. The number of esters is 2. The van der Waals surface area contributed by atoms with Crippen molar-refractivity contribution in [1.82, 2.24) is 0 Å². The molecule has 1 aromatic rings. The van der Waals surface area contributed by atoms with Crippen LogP contribution in [0, 0.1) is 0 Å². The standard InChI is InChI=1S/C16H18O5/c1-11(2)9-16(18)21-13-7-5-12(10-14(13)19-3)6-8-15(17)20-4/h5-10H,1-4H3. The molecule has 0 unspecified atom stereocenters. The first-order valence-corrected chi connectivity index (χ1v) is 6.27. The first-order valence-electron chi connectivity index (χ1n) is 6.27. The van der Waals surface area contributed by atoms with Crippen LogP contribution in [0.5, 0.6) is 11.5 Å². The van der Waals surface area contributed by atoms with Crippen molar-refractivity contribution in [2.24, 2.45) is 0 Å². The summed E-state index contributed by atoms with van der Waals surface area (Å²) in [5.41, 5.74) is 1.57. The van der Waals surface area contributed by atoms with Crippen LogP contribution in [0.3, 0.4) is 0 Å². The molecule has 0 saturated heterocycles. The van der Waals surface area contributed by atoms with Crippen LogP contribution < -0.4 is 9.47 Å². The molecule has 0 atom stereocenters. The van der Waals surface area contributed by atoms with E-state index in [1.54, 1.807) is 38.1 Å². The quantitative estimate of drug-likeness (QED) is 0.474. The molecular formula is C16H18O5. The molecule has 0 spiro atoms. The molecule has 0 heterocycles. The van der Waals surface area contributed by atoms with Crippen molar-refractivity contribution in [3.05, 3.63) is 41.5 Å². The van der Waals surface area contributed by atoms with E-state index < -0.39 is 11.9 Å². The van der Waals surface area contributed by atoms with E-state index in [4.69, 9.17) is 9.47 Å². The summed E-state index contributed by atoms with van der Waals surface area (Å²) in [6, 6.07) is 4.96. The molecule has 5 nitrogen and oxygen atoms in total. The molecule has 112 valence electrons. The zero-order valence-corrected chi connectivity index (χ0v) is 12.5. The van der Waals surface area contributed by atoms with E-state index >= 15 is 0 Å². The van der Waals surface area contributed by atoms with Gasteiger partial charge in [-0.1, -0.05) is 11.6 Å². The average molecular weight is 290 g/mol. The van der Waals surface area contributed by atoms with Crippen molar-refractivity contribution in [1.29, 1.82) is 0 Å². The van der Waals surface area contributed by atoms with Gasteiger partial charge in [-0.2, -0.15) is 0 Å². The van der Waals surface area contributed by atoms with Crippen molar-refractivity contribution >= 4 is 18.0 Å². The second kappa shape index (κ2) is 7.89. The molecule has 0 aliphatic rings. The zero-order valence-electron chi connectivity index (χ0n) is 12.5. The molecule has 1 aromatic carbocycles. The second-order valence-electron chi connectivity index (χ2n) is 4.41. The van der Waals surface area contributed by atoms with Crippen molar-refractivity contribution in [3.63, 3.8) is 0 Å². The predicted molar refractivity (Wildman–Crippen MR) is 79.1 cm³/mol. The number of rotatable bonds is 5. The summed E-state index contributed by atoms with van der Waals surface area (Å²) in [7, 11) is 2.78. The molecule has 0 saturated carbocycles. The van der Waals surface area contributed by atoms with Gasteiger partial charge in [0.25, 0.3) is 0 Å². The zero-order chi connectivity index (χ0) is 15.8. The maximum absolute atomic E-state index is 11.6. The molecule has 0 radical (unpaired) electrons. The van der Waals surface area contributed by atoms with Gasteiger partial charge in [0.1, 0.15) is 0 Å². The summed E-state index contributed by atoms with van der Waals surface area (Å²) in [6.07, 6.45) is 4.27. The van der Waals surface area contributed by atoms with Crippen molar-refractivity contribution < 1.29 is 23.8 Å². The smallest absolute Gasteiger partial charge is 0.336 e. The molecule has 5 heteroatoms. The Bertz CT molecular complexity index is 580. The van der Waals surface area contributed by atoms with E-state index in [0.29, 0.717) is 11.5 Å². The van der Waals surface area contributed by atoms with Crippen molar-refractivity contribution in [2.75, 3.05) is 14.2 Å². The summed E-state index contributed by atoms with van der Waals surface area (Å²) < 4.78 is 14.9. The van der Waals surface area contributed by atoms with Crippen LogP contribution in [0.4, 0.5) is 0 Å². The molecule has 0 aliphatic heterocycles. The summed E-state index contributed by atoms with van der Waals surface area (Å²) >= 11 is 0. The van der Waals surface area contributed by atoms with E-state index in [1.807, 2.05) is 0 Å². The molecule has 1 rings (SSSR count). The molecule has 0 bridgehead atoms. The fourth-order valence-electron chi connectivity index (χ4n) is 1.48. The number of carbonyl (C=O) groups is 2. The van der Waals surface area contributed by atoms with Crippen molar-refractivity contribution in [2.45, 2.75) is 13.8 Å². The Labute approximate surface area is 123 Å². The molecular weight excluding hydrogens is 272 g/mol. The van der Waals surface area contributed by atoms with Gasteiger partial charge in [-0.3, -0.25) is 0 Å². The average Bonchev–Trinajstić information content (AvgIpc) is 2.44. The van der Waals surface area contributed by atoms with E-state index in [0.717, 1.165) is 11.1 Å². The highest BCUT2D eigenvalue weighted by atomic mass is 16.6. The first-order chi connectivity index (χ1) is 9.96. The third-order valence-electron chi connectivity index (χ3n) is 2.42. The van der Waals surface area contributed by atoms with Gasteiger partial charge in [0.05, 0.1) is 14.2 Å². The van der Waals surface area contributed by atoms with Gasteiger partial charge in [-0.25, -0.2) is 9.59 Å². The maximum atomic E-state index is 11.6. The van der Waals surface area contributed by atoms with Gasteiger partial charge in [-0.05, 0) is 37.6 Å². The third-order valence-corrected chi connectivity index (χ3v) is 2.42. The molecule has 0 N–H and O–H groups in total. The first kappa shape index (κ1) is 16.5. The fraction of sp³-hybridized carbons (Fsp3) is 0.250. The van der Waals surface area contributed by atoms with Gasteiger partial charge < -0.3 is 14.2 Å². The molecule has 0 aromatic heterocycles. The molecule has 0 amide bonds. The number of methoxy groups -OCH3 is 2. The summed E-state index contributed by atoms with van der Waals surface area (Å²) in [5, 5.41) is 0. The van der Waals surface area contributed by atoms with Gasteiger partial charge in [0.15, 0.2) is 11.5 Å². The lowest BCUT2D eigenvalue weighted by Gasteiger charge is -2.08. The van der Waals surface area contributed by atoms with Crippen LogP contribution in [0.2, 0.25) is 0 Å². The van der Waals surface area contributed by atoms with Gasteiger partial charge in [0.2, 0.25) is 0 Å². The lowest BCUT2D eigenvalue weighted by molar-refractivity contribution is -0.134. The number of benzene rings is 1. The largest absolute Gasteiger partial charge is 0.493 e. The third kappa shape index (κ3) is 5.52. The van der Waals surface area contributed by atoms with Gasteiger partial charge in [-0.15, -0.1) is 0 Å². The lowest BCUT2D eigenvalue weighted by Crippen LogP contribution is -2.05. The number of ether oxygens (including phenoxy) is 3. The minimum Gasteiger partial charge on any atom is -0.493 e. The Kier molecular flexibility index (Phi) is 6.20. The highest BCUT2D eigenvalue weighted by Gasteiger charge is 2.08. The topological polar surface area (TPSA) is 61.8 Å². The van der Waals surface area contributed by atoms with Crippen LogP contribution in [-0.4, -0.2) is 26.2 Å². The number of hydrogen-bond donors (Lipinski definition) is 0. The highest BCUT2D eigenvalue weighted by Crippen LogP contribution is 2.28. The second-order valence-corrected chi connectivity index (χ2v) is 4.41. The predicted octanol–water partition coefficient (Wildman–Crippen LogP) is 2.75. The van der Waals surface area contributed by atoms with E-state index in [-0.39, 0.29) is 0 Å². The van der Waals surface area contributed by atoms with Crippen LogP contribution in [0.1, 0.15) is 19.4 Å². The van der Waals surface area contributed by atoms with Crippen LogP contribution in [0.25, 0.3) is 6.08 Å². The van der Waals surface area contributed by atoms with Crippen LogP contribution in [-0.2, 0) is 14.3 Å². The minimum atomic E-state index is -0.467. The van der Waals surface area contributed by atoms with Gasteiger partial charge in [0, 0.05) is 12.2 Å². The molecule has 0 aliphatic carbocycles. The number of carbonyl (C=O) groups excluding carboxylic acids is 2. The van der Waals surface area contributed by atoms with Crippen LogP contribution >= 0.6 is 0 Å². The fourth-order valence-corrected chi connectivity index (χ4v) is 1.48. The van der Waals surface area contributed by atoms with E-state index in [2.05, 4.69) is 4.74 Å². The summed E-state index contributed by atoms with van der Waals surface area (Å²) in [5.74, 6) is -0.202. The Morgan fingerprint density at radius 1 is 1.05 bits per heavy atom. The Morgan fingerprint density at radius 3 is 2.33 bits per heavy atom. The summed E-state index contributed by atoms with van der Waals surface area (Å²) in [6.45, 7) is 3.61. The Balaban J connectivity index is 2.94. The van der Waals surface area contributed by atoms with E-state index in [1.165, 1.54) is 26.4 Å². The lowest BCUT2D eigenvalue weighted by atomic mass is 10.2. The van der Waals surface area contributed by atoms with Gasteiger partial charge >= 0.3 is 11.9 Å². The summed E-state index contributed by atoms with van der Waals surface area (Å²) in [4.78, 5) is 22.6. The Morgan fingerprint density at radius 2 is 1.76 bits per heavy atom. The molecule has 21 heavy (non-hydrogen) atoms.